The summed E-state index contributed by atoms with van der Waals surface area (Å²) in [6.45, 7) is 12.3. The van der Waals surface area contributed by atoms with E-state index in [9.17, 15) is 4.39 Å². The van der Waals surface area contributed by atoms with Crippen molar-refractivity contribution in [2.24, 2.45) is 0 Å². The number of halogens is 1. The average Bonchev–Trinajstić information content (AvgIpc) is 3.11. The maximum absolute atomic E-state index is 13.8. The fourth-order valence-electron chi connectivity index (χ4n) is 5.10. The van der Waals surface area contributed by atoms with Crippen LogP contribution in [0.1, 0.15) is 77.9 Å². The van der Waals surface area contributed by atoms with Gasteiger partial charge >= 0.3 is 0 Å². The summed E-state index contributed by atoms with van der Waals surface area (Å²) in [5.74, 6) is 24.9. The predicted octanol–water partition coefficient (Wildman–Crippen LogP) is 11.0. The Bertz CT molecular complexity index is 2320. The van der Waals surface area contributed by atoms with Crippen molar-refractivity contribution in [3.05, 3.63) is 211 Å². The van der Waals surface area contributed by atoms with Gasteiger partial charge in [-0.05, 0) is 143 Å². The van der Waals surface area contributed by atoms with Gasteiger partial charge in [-0.25, -0.2) is 4.39 Å². The molecule has 0 aromatic heterocycles. The molecule has 6 aromatic carbocycles. The molecular formula is C50H39F. The third-order valence-corrected chi connectivity index (χ3v) is 8.09. The molecule has 0 aliphatic rings. The van der Waals surface area contributed by atoms with Crippen molar-refractivity contribution in [1.82, 2.24) is 0 Å². The van der Waals surface area contributed by atoms with Gasteiger partial charge < -0.3 is 0 Å². The van der Waals surface area contributed by atoms with Crippen molar-refractivity contribution in [2.45, 2.75) is 41.5 Å². The lowest BCUT2D eigenvalue weighted by Crippen LogP contribution is -1.85. The van der Waals surface area contributed by atoms with Gasteiger partial charge in [0.1, 0.15) is 5.82 Å². The van der Waals surface area contributed by atoms with E-state index in [4.69, 9.17) is 0 Å². The number of rotatable bonds is 0. The van der Waals surface area contributed by atoms with Gasteiger partial charge in [-0.2, -0.15) is 0 Å². The standard InChI is InChI=1S/C25H19F.C25H20/c1-18-4-12-23(20(3)16-18)14-10-21-6-8-22(9-7-21)11-15-24-13-5-19(2)17-25(24)26;1-19-4-7-22(8-5-19)9-10-23-11-13-24(14-12-23)15-17-25-16-6-20(2)18-21(25)3/h4-9,12-13,16-17H,1-3H3;4-8,11-14,16,18H,1-3H3. The number of hydrogen-bond acceptors (Lipinski definition) is 0. The molecule has 0 unspecified atom stereocenters. The van der Waals surface area contributed by atoms with Crippen LogP contribution in [0.4, 0.5) is 4.39 Å². The zero-order valence-corrected chi connectivity index (χ0v) is 30.0. The van der Waals surface area contributed by atoms with E-state index in [-0.39, 0.29) is 5.82 Å². The maximum Gasteiger partial charge on any atom is 0.139 e. The minimum atomic E-state index is -0.284. The van der Waals surface area contributed by atoms with Gasteiger partial charge in [0, 0.05) is 38.9 Å². The molecule has 0 fully saturated rings. The van der Waals surface area contributed by atoms with E-state index in [1.54, 1.807) is 6.07 Å². The summed E-state index contributed by atoms with van der Waals surface area (Å²) in [4.78, 5) is 0. The Labute approximate surface area is 303 Å². The second-order valence-electron chi connectivity index (χ2n) is 12.6. The molecule has 1 heteroatoms. The Morgan fingerprint density at radius 2 is 0.569 bits per heavy atom. The Balaban J connectivity index is 0.000000198. The maximum atomic E-state index is 13.8. The van der Waals surface area contributed by atoms with E-state index in [0.29, 0.717) is 5.56 Å². The summed E-state index contributed by atoms with van der Waals surface area (Å²) in [6, 6.07) is 41.7. The largest absolute Gasteiger partial charge is 0.206 e. The van der Waals surface area contributed by atoms with Crippen LogP contribution in [0.2, 0.25) is 0 Å². The van der Waals surface area contributed by atoms with Crippen molar-refractivity contribution in [1.29, 1.82) is 0 Å². The Hall–Kier alpha value is -6.51. The summed E-state index contributed by atoms with van der Waals surface area (Å²) in [5, 5.41) is 0. The fraction of sp³-hybridized carbons (Fsp3) is 0.120. The van der Waals surface area contributed by atoms with E-state index >= 15 is 0 Å². The number of hydrogen-bond donors (Lipinski definition) is 0. The summed E-state index contributed by atoms with van der Waals surface area (Å²) in [6.07, 6.45) is 0. The molecule has 0 spiro atoms. The van der Waals surface area contributed by atoms with Crippen LogP contribution in [0, 0.1) is 94.7 Å². The normalized spacial score (nSPS) is 9.63. The monoisotopic (exact) mass is 658 g/mol. The molecule has 0 N–H and O–H groups in total. The van der Waals surface area contributed by atoms with Gasteiger partial charge in [0.2, 0.25) is 0 Å². The lowest BCUT2D eigenvalue weighted by molar-refractivity contribution is 0.623. The third kappa shape index (κ3) is 11.0. The lowest BCUT2D eigenvalue weighted by atomic mass is 10.1. The highest BCUT2D eigenvalue weighted by Gasteiger charge is 1.99. The van der Waals surface area contributed by atoms with Gasteiger partial charge in [-0.3, -0.25) is 0 Å². The molecule has 0 bridgehead atoms. The SMILES string of the molecule is Cc1ccc(C#Cc2ccc(C#Cc3ccc(C)cc3C)cc2)cc1.Cc1ccc(C#Cc2ccc(C#Cc3ccc(C)cc3F)cc2)c(C)c1. The highest BCUT2D eigenvalue weighted by atomic mass is 19.1. The second kappa shape index (κ2) is 17.2. The molecule has 0 atom stereocenters. The summed E-state index contributed by atoms with van der Waals surface area (Å²) in [5.41, 5.74) is 14.4. The van der Waals surface area contributed by atoms with Gasteiger partial charge in [0.25, 0.3) is 0 Å². The minimum Gasteiger partial charge on any atom is -0.206 e. The topological polar surface area (TPSA) is 0 Å². The van der Waals surface area contributed by atoms with Crippen molar-refractivity contribution in [3.63, 3.8) is 0 Å². The van der Waals surface area contributed by atoms with Crippen molar-refractivity contribution < 1.29 is 4.39 Å². The summed E-state index contributed by atoms with van der Waals surface area (Å²) < 4.78 is 13.8. The molecule has 6 aromatic rings. The molecule has 6 rings (SSSR count). The predicted molar refractivity (Wildman–Crippen MR) is 211 cm³/mol. The van der Waals surface area contributed by atoms with Gasteiger partial charge in [-0.1, -0.05) is 107 Å². The molecule has 0 aliphatic carbocycles. The third-order valence-electron chi connectivity index (χ3n) is 8.09. The van der Waals surface area contributed by atoms with Crippen LogP contribution in [-0.4, -0.2) is 0 Å². The molecule has 51 heavy (non-hydrogen) atoms. The smallest absolute Gasteiger partial charge is 0.139 e. The average molecular weight is 659 g/mol. The van der Waals surface area contributed by atoms with E-state index in [1.807, 2.05) is 79.7 Å². The molecule has 0 heterocycles. The zero-order chi connectivity index (χ0) is 36.2. The first-order valence-electron chi connectivity index (χ1n) is 16.9. The van der Waals surface area contributed by atoms with E-state index in [2.05, 4.69) is 124 Å². The highest BCUT2D eigenvalue weighted by Crippen LogP contribution is 2.12. The molecule has 0 aliphatic heterocycles. The fourth-order valence-corrected chi connectivity index (χ4v) is 5.10. The van der Waals surface area contributed by atoms with Crippen LogP contribution in [0.25, 0.3) is 0 Å². The molecule has 0 saturated carbocycles. The Morgan fingerprint density at radius 3 is 0.922 bits per heavy atom. The van der Waals surface area contributed by atoms with E-state index in [0.717, 1.165) is 44.5 Å². The first kappa shape index (κ1) is 35.8. The number of benzene rings is 6. The van der Waals surface area contributed by atoms with Gasteiger partial charge in [0.15, 0.2) is 0 Å². The first-order chi connectivity index (χ1) is 24.6. The Morgan fingerprint density at radius 1 is 0.294 bits per heavy atom. The minimum absolute atomic E-state index is 0.284. The van der Waals surface area contributed by atoms with Crippen LogP contribution >= 0.6 is 0 Å². The molecule has 0 saturated heterocycles. The van der Waals surface area contributed by atoms with Crippen molar-refractivity contribution in [2.75, 3.05) is 0 Å². The number of aryl methyl sites for hydroxylation is 6. The van der Waals surface area contributed by atoms with E-state index < -0.39 is 0 Å². The van der Waals surface area contributed by atoms with Crippen LogP contribution in [0.3, 0.4) is 0 Å². The molecule has 246 valence electrons. The quantitative estimate of drug-likeness (QED) is 0.143. The Kier molecular flexibility index (Phi) is 12.1. The zero-order valence-electron chi connectivity index (χ0n) is 30.0. The van der Waals surface area contributed by atoms with Crippen molar-refractivity contribution in [3.8, 4) is 47.4 Å². The van der Waals surface area contributed by atoms with Crippen LogP contribution in [0.5, 0.6) is 0 Å². The summed E-state index contributed by atoms with van der Waals surface area (Å²) >= 11 is 0. The summed E-state index contributed by atoms with van der Waals surface area (Å²) in [7, 11) is 0. The first-order valence-corrected chi connectivity index (χ1v) is 16.9. The van der Waals surface area contributed by atoms with Crippen LogP contribution in [-0.2, 0) is 0 Å². The molecular weight excluding hydrogens is 620 g/mol. The highest BCUT2D eigenvalue weighted by molar-refractivity contribution is 5.51. The molecule has 0 nitrogen and oxygen atoms in total. The van der Waals surface area contributed by atoms with Crippen LogP contribution < -0.4 is 0 Å². The van der Waals surface area contributed by atoms with Crippen molar-refractivity contribution >= 4 is 0 Å². The molecule has 0 amide bonds. The van der Waals surface area contributed by atoms with Gasteiger partial charge in [0.05, 0.1) is 5.56 Å². The van der Waals surface area contributed by atoms with E-state index in [1.165, 1.54) is 33.9 Å². The second-order valence-corrected chi connectivity index (χ2v) is 12.6. The molecule has 0 radical (unpaired) electrons. The van der Waals surface area contributed by atoms with Crippen LogP contribution in [0.15, 0.2) is 127 Å². The lowest BCUT2D eigenvalue weighted by Gasteiger charge is -1.99. The van der Waals surface area contributed by atoms with Gasteiger partial charge in [-0.15, -0.1) is 0 Å².